The Morgan fingerprint density at radius 1 is 1.33 bits per heavy atom. The molecule has 1 fully saturated rings. The zero-order chi connectivity index (χ0) is 12.4. The molecule has 2 aliphatic rings. The van der Waals surface area contributed by atoms with Crippen LogP contribution < -0.4 is 15.0 Å². The Bertz CT molecular complexity index is 413. The zero-order valence-electron chi connectivity index (χ0n) is 11.1. The maximum atomic E-state index is 5.91. The SMILES string of the molecule is CN1CCOc2c(CC3CCNCC3)cccc21. The van der Waals surface area contributed by atoms with Gasteiger partial charge in [-0.2, -0.15) is 0 Å². The normalized spacial score (nSPS) is 20.4. The van der Waals surface area contributed by atoms with E-state index in [-0.39, 0.29) is 0 Å². The summed E-state index contributed by atoms with van der Waals surface area (Å²) in [6.45, 7) is 4.14. The highest BCUT2D eigenvalue weighted by Crippen LogP contribution is 2.36. The van der Waals surface area contributed by atoms with Crippen molar-refractivity contribution in [2.24, 2.45) is 5.92 Å². The number of fused-ring (bicyclic) bond motifs is 1. The molecule has 0 unspecified atom stereocenters. The summed E-state index contributed by atoms with van der Waals surface area (Å²) in [5.41, 5.74) is 2.65. The van der Waals surface area contributed by atoms with Crippen LogP contribution in [0.5, 0.6) is 5.75 Å². The molecule has 2 heterocycles. The molecule has 3 rings (SSSR count). The Hall–Kier alpha value is -1.22. The molecule has 2 aliphatic heterocycles. The van der Waals surface area contributed by atoms with Crippen molar-refractivity contribution >= 4 is 5.69 Å². The molecule has 0 radical (unpaired) electrons. The highest BCUT2D eigenvalue weighted by Gasteiger charge is 2.21. The van der Waals surface area contributed by atoms with Gasteiger partial charge in [0.05, 0.1) is 12.2 Å². The number of benzene rings is 1. The zero-order valence-corrected chi connectivity index (χ0v) is 11.1. The third-order valence-electron chi connectivity index (χ3n) is 4.13. The molecule has 0 amide bonds. The van der Waals surface area contributed by atoms with Gasteiger partial charge in [0.1, 0.15) is 12.4 Å². The second kappa shape index (κ2) is 5.19. The fourth-order valence-corrected chi connectivity index (χ4v) is 3.00. The molecule has 0 aliphatic carbocycles. The predicted molar refractivity (Wildman–Crippen MR) is 74.5 cm³/mol. The van der Waals surface area contributed by atoms with Crippen molar-refractivity contribution in [1.29, 1.82) is 0 Å². The van der Waals surface area contributed by atoms with Crippen molar-refractivity contribution in [1.82, 2.24) is 5.32 Å². The topological polar surface area (TPSA) is 24.5 Å². The molecule has 3 heteroatoms. The number of ether oxygens (including phenoxy) is 1. The van der Waals surface area contributed by atoms with Crippen molar-refractivity contribution in [3.63, 3.8) is 0 Å². The summed E-state index contributed by atoms with van der Waals surface area (Å²) in [5.74, 6) is 1.94. The summed E-state index contributed by atoms with van der Waals surface area (Å²) >= 11 is 0. The van der Waals surface area contributed by atoms with Gasteiger partial charge in [-0.15, -0.1) is 0 Å². The van der Waals surface area contributed by atoms with E-state index in [1.54, 1.807) is 0 Å². The molecule has 0 atom stereocenters. The summed E-state index contributed by atoms with van der Waals surface area (Å²) < 4.78 is 5.91. The highest BCUT2D eigenvalue weighted by molar-refractivity contribution is 5.62. The number of piperidine rings is 1. The third kappa shape index (κ3) is 2.32. The number of hydrogen-bond donors (Lipinski definition) is 1. The van der Waals surface area contributed by atoms with E-state index in [0.717, 1.165) is 24.8 Å². The molecule has 0 spiro atoms. The first-order chi connectivity index (χ1) is 8.84. The first-order valence-electron chi connectivity index (χ1n) is 7.01. The summed E-state index contributed by atoms with van der Waals surface area (Å²) in [6, 6.07) is 6.57. The van der Waals surface area contributed by atoms with Gasteiger partial charge in [-0.25, -0.2) is 0 Å². The second-order valence-corrected chi connectivity index (χ2v) is 5.43. The van der Waals surface area contributed by atoms with E-state index >= 15 is 0 Å². The molecular formula is C15H22N2O. The molecule has 0 bridgehead atoms. The largest absolute Gasteiger partial charge is 0.489 e. The quantitative estimate of drug-likeness (QED) is 0.864. The molecule has 98 valence electrons. The van der Waals surface area contributed by atoms with Crippen LogP contribution in [0, 0.1) is 5.92 Å². The van der Waals surface area contributed by atoms with Gasteiger partial charge < -0.3 is 15.0 Å². The molecular weight excluding hydrogens is 224 g/mol. The predicted octanol–water partition coefficient (Wildman–Crippen LogP) is 2.06. The number of para-hydroxylation sites is 1. The van der Waals surface area contributed by atoms with Crippen molar-refractivity contribution in [3.05, 3.63) is 23.8 Å². The van der Waals surface area contributed by atoms with Gasteiger partial charge in [-0.05, 0) is 49.9 Å². The summed E-state index contributed by atoms with van der Waals surface area (Å²) in [7, 11) is 2.15. The Labute approximate surface area is 109 Å². The first kappa shape index (κ1) is 11.8. The van der Waals surface area contributed by atoms with Crippen LogP contribution >= 0.6 is 0 Å². The van der Waals surface area contributed by atoms with E-state index in [1.165, 1.54) is 43.6 Å². The highest BCUT2D eigenvalue weighted by atomic mass is 16.5. The minimum Gasteiger partial charge on any atom is -0.489 e. The van der Waals surface area contributed by atoms with Gasteiger partial charge in [0.2, 0.25) is 0 Å². The number of rotatable bonds is 2. The average molecular weight is 246 g/mol. The van der Waals surface area contributed by atoms with E-state index in [0.29, 0.717) is 0 Å². The lowest BCUT2D eigenvalue weighted by atomic mass is 9.90. The van der Waals surface area contributed by atoms with Crippen molar-refractivity contribution in [2.45, 2.75) is 19.3 Å². The van der Waals surface area contributed by atoms with Gasteiger partial charge in [0.15, 0.2) is 0 Å². The fraction of sp³-hybridized carbons (Fsp3) is 0.600. The summed E-state index contributed by atoms with van der Waals surface area (Å²) in [5, 5.41) is 3.43. The third-order valence-corrected chi connectivity index (χ3v) is 4.13. The van der Waals surface area contributed by atoms with Gasteiger partial charge in [0.25, 0.3) is 0 Å². The monoisotopic (exact) mass is 246 g/mol. The smallest absolute Gasteiger partial charge is 0.145 e. The maximum Gasteiger partial charge on any atom is 0.145 e. The number of hydrogen-bond acceptors (Lipinski definition) is 3. The number of nitrogens with zero attached hydrogens (tertiary/aromatic N) is 1. The molecule has 0 saturated carbocycles. The van der Waals surface area contributed by atoms with E-state index in [2.05, 4.69) is 35.5 Å². The fourth-order valence-electron chi connectivity index (χ4n) is 3.00. The molecule has 1 saturated heterocycles. The van der Waals surface area contributed by atoms with Crippen molar-refractivity contribution in [3.8, 4) is 5.75 Å². The minimum absolute atomic E-state index is 0.812. The van der Waals surface area contributed by atoms with E-state index in [1.807, 2.05) is 0 Å². The van der Waals surface area contributed by atoms with Crippen molar-refractivity contribution in [2.75, 3.05) is 38.2 Å². The van der Waals surface area contributed by atoms with Gasteiger partial charge in [-0.1, -0.05) is 12.1 Å². The van der Waals surface area contributed by atoms with Crippen LogP contribution in [0.25, 0.3) is 0 Å². The summed E-state index contributed by atoms with van der Waals surface area (Å²) in [4.78, 5) is 2.30. The van der Waals surface area contributed by atoms with Crippen LogP contribution in [0.15, 0.2) is 18.2 Å². The molecule has 1 aromatic rings. The number of anilines is 1. The molecule has 1 aromatic carbocycles. The van der Waals surface area contributed by atoms with Crippen LogP contribution in [0.4, 0.5) is 5.69 Å². The van der Waals surface area contributed by atoms with Crippen LogP contribution in [0.2, 0.25) is 0 Å². The second-order valence-electron chi connectivity index (χ2n) is 5.43. The van der Waals surface area contributed by atoms with E-state index in [4.69, 9.17) is 4.74 Å². The maximum absolute atomic E-state index is 5.91. The Morgan fingerprint density at radius 3 is 3.00 bits per heavy atom. The summed E-state index contributed by atoms with van der Waals surface area (Å²) in [6.07, 6.45) is 3.75. The minimum atomic E-state index is 0.812. The number of likely N-dealkylation sites (N-methyl/N-ethyl adjacent to an activating group) is 1. The molecule has 0 aromatic heterocycles. The first-order valence-corrected chi connectivity index (χ1v) is 7.01. The lowest BCUT2D eigenvalue weighted by Gasteiger charge is -2.30. The lowest BCUT2D eigenvalue weighted by Crippen LogP contribution is -2.30. The lowest BCUT2D eigenvalue weighted by molar-refractivity contribution is 0.302. The van der Waals surface area contributed by atoms with Gasteiger partial charge in [-0.3, -0.25) is 0 Å². The van der Waals surface area contributed by atoms with Crippen molar-refractivity contribution < 1.29 is 4.74 Å². The Balaban J connectivity index is 1.81. The van der Waals surface area contributed by atoms with Gasteiger partial charge in [0, 0.05) is 7.05 Å². The Morgan fingerprint density at radius 2 is 2.17 bits per heavy atom. The van der Waals surface area contributed by atoms with Crippen LogP contribution in [0.3, 0.4) is 0 Å². The van der Waals surface area contributed by atoms with E-state index < -0.39 is 0 Å². The van der Waals surface area contributed by atoms with Crippen LogP contribution in [-0.2, 0) is 6.42 Å². The Kier molecular flexibility index (Phi) is 3.41. The molecule has 18 heavy (non-hydrogen) atoms. The number of nitrogens with one attached hydrogen (secondary N) is 1. The molecule has 3 nitrogen and oxygen atoms in total. The average Bonchev–Trinajstić information content (AvgIpc) is 2.41. The standard InChI is InChI=1S/C15H22N2O/c1-17-9-10-18-15-13(3-2-4-14(15)17)11-12-5-7-16-8-6-12/h2-4,12,16H,5-11H2,1H3. The van der Waals surface area contributed by atoms with Crippen LogP contribution in [0.1, 0.15) is 18.4 Å². The molecule has 1 N–H and O–H groups in total. The van der Waals surface area contributed by atoms with E-state index in [9.17, 15) is 0 Å². The van der Waals surface area contributed by atoms with Crippen LogP contribution in [-0.4, -0.2) is 33.3 Å². The van der Waals surface area contributed by atoms with Gasteiger partial charge >= 0.3 is 0 Å².